The lowest BCUT2D eigenvalue weighted by molar-refractivity contribution is -0.131. The van der Waals surface area contributed by atoms with Gasteiger partial charge in [-0.3, -0.25) is 4.79 Å². The maximum atomic E-state index is 13.0. The number of aromatic amines is 1. The summed E-state index contributed by atoms with van der Waals surface area (Å²) >= 11 is 0. The molecule has 0 unspecified atom stereocenters. The summed E-state index contributed by atoms with van der Waals surface area (Å²) < 4.78 is 10.9. The summed E-state index contributed by atoms with van der Waals surface area (Å²) in [5.41, 5.74) is 2.93. The largest absolute Gasteiger partial charge is 0.454 e. The Bertz CT molecular complexity index is 981. The smallest absolute Gasteiger partial charge is 0.231 e. The Labute approximate surface area is 150 Å². The molecule has 0 spiro atoms. The maximum Gasteiger partial charge on any atom is 0.231 e. The number of benzene rings is 1. The fourth-order valence-corrected chi connectivity index (χ4v) is 3.96. The number of aromatic nitrogens is 2. The van der Waals surface area contributed by atoms with Gasteiger partial charge in [0.15, 0.2) is 11.5 Å². The van der Waals surface area contributed by atoms with Crippen LogP contribution in [0, 0.1) is 0 Å². The van der Waals surface area contributed by atoms with Gasteiger partial charge in [-0.15, -0.1) is 0 Å². The molecule has 2 aliphatic rings. The molecule has 132 valence electrons. The van der Waals surface area contributed by atoms with Crippen LogP contribution in [0.25, 0.3) is 11.0 Å². The van der Waals surface area contributed by atoms with Gasteiger partial charge < -0.3 is 19.4 Å². The molecule has 1 amide bonds. The molecule has 0 saturated carbocycles. The van der Waals surface area contributed by atoms with Gasteiger partial charge in [0.05, 0.1) is 12.5 Å². The quantitative estimate of drug-likeness (QED) is 0.788. The van der Waals surface area contributed by atoms with Crippen LogP contribution in [0.5, 0.6) is 11.5 Å². The lowest BCUT2D eigenvalue weighted by atomic mass is 10.0. The summed E-state index contributed by atoms with van der Waals surface area (Å²) in [6, 6.07) is 9.98. The molecule has 1 N–H and O–H groups in total. The fraction of sp³-hybridized carbons (Fsp3) is 0.300. The van der Waals surface area contributed by atoms with E-state index in [-0.39, 0.29) is 18.7 Å². The SMILES string of the molecule is O=C(Cc1c[nH]c2ncccc12)N1CCC[C@H]1c1ccc2c(c1)OCO2. The number of likely N-dealkylation sites (tertiary alicyclic amines) is 1. The van der Waals surface area contributed by atoms with Crippen LogP contribution in [0.3, 0.4) is 0 Å². The van der Waals surface area contributed by atoms with Crippen LogP contribution in [-0.2, 0) is 11.2 Å². The second kappa shape index (κ2) is 6.05. The fourth-order valence-electron chi connectivity index (χ4n) is 3.96. The predicted octanol–water partition coefficient (Wildman–Crippen LogP) is 3.20. The number of carbonyl (C=O) groups is 1. The highest BCUT2D eigenvalue weighted by atomic mass is 16.7. The summed E-state index contributed by atoms with van der Waals surface area (Å²) in [5, 5.41) is 1.01. The molecule has 0 radical (unpaired) electrons. The number of pyridine rings is 1. The summed E-state index contributed by atoms with van der Waals surface area (Å²) in [7, 11) is 0. The predicted molar refractivity (Wildman–Crippen MR) is 96.1 cm³/mol. The minimum Gasteiger partial charge on any atom is -0.454 e. The van der Waals surface area contributed by atoms with Crippen molar-refractivity contribution in [3.05, 3.63) is 53.9 Å². The van der Waals surface area contributed by atoms with Gasteiger partial charge in [-0.05, 0) is 48.2 Å². The number of fused-ring (bicyclic) bond motifs is 2. The number of ether oxygens (including phenoxy) is 2. The average Bonchev–Trinajstić information content (AvgIpc) is 3.40. The van der Waals surface area contributed by atoms with Crippen LogP contribution in [0.15, 0.2) is 42.7 Å². The van der Waals surface area contributed by atoms with E-state index in [1.54, 1.807) is 6.20 Å². The molecule has 0 aliphatic carbocycles. The normalized spacial score (nSPS) is 18.6. The molecule has 2 aliphatic heterocycles. The third-order valence-corrected chi connectivity index (χ3v) is 5.23. The topological polar surface area (TPSA) is 67.5 Å². The van der Waals surface area contributed by atoms with Crippen molar-refractivity contribution in [1.29, 1.82) is 0 Å². The number of hydrogen-bond donors (Lipinski definition) is 1. The molecule has 2 aromatic heterocycles. The minimum absolute atomic E-state index is 0.0975. The zero-order chi connectivity index (χ0) is 17.5. The second-order valence-corrected chi connectivity index (χ2v) is 6.75. The van der Waals surface area contributed by atoms with Crippen LogP contribution in [0.1, 0.15) is 30.0 Å². The zero-order valence-corrected chi connectivity index (χ0v) is 14.3. The Morgan fingerprint density at radius 1 is 1.27 bits per heavy atom. The first-order valence-electron chi connectivity index (χ1n) is 8.89. The first-order valence-corrected chi connectivity index (χ1v) is 8.89. The summed E-state index contributed by atoms with van der Waals surface area (Å²) in [4.78, 5) is 22.4. The van der Waals surface area contributed by atoms with Crippen molar-refractivity contribution in [2.45, 2.75) is 25.3 Å². The number of hydrogen-bond acceptors (Lipinski definition) is 4. The van der Waals surface area contributed by atoms with Crippen LogP contribution in [-0.4, -0.2) is 34.1 Å². The molecule has 6 nitrogen and oxygen atoms in total. The van der Waals surface area contributed by atoms with E-state index in [2.05, 4.69) is 9.97 Å². The highest BCUT2D eigenvalue weighted by molar-refractivity contribution is 5.87. The van der Waals surface area contributed by atoms with E-state index in [0.717, 1.165) is 53.0 Å². The van der Waals surface area contributed by atoms with Gasteiger partial charge in [0.1, 0.15) is 5.65 Å². The van der Waals surface area contributed by atoms with Gasteiger partial charge in [0.2, 0.25) is 12.7 Å². The number of carbonyl (C=O) groups excluding carboxylic acids is 1. The number of nitrogens with zero attached hydrogens (tertiary/aromatic N) is 2. The van der Waals surface area contributed by atoms with Crippen molar-refractivity contribution < 1.29 is 14.3 Å². The van der Waals surface area contributed by atoms with Crippen molar-refractivity contribution in [1.82, 2.24) is 14.9 Å². The number of rotatable bonds is 3. The van der Waals surface area contributed by atoms with Gasteiger partial charge in [0.25, 0.3) is 0 Å². The number of H-pyrrole nitrogens is 1. The molecule has 4 heterocycles. The van der Waals surface area contributed by atoms with E-state index < -0.39 is 0 Å². The Morgan fingerprint density at radius 2 is 2.19 bits per heavy atom. The average molecular weight is 349 g/mol. The Morgan fingerprint density at radius 3 is 3.15 bits per heavy atom. The molecule has 1 saturated heterocycles. The summed E-state index contributed by atoms with van der Waals surface area (Å²) in [6.07, 6.45) is 6.01. The lowest BCUT2D eigenvalue weighted by Gasteiger charge is -2.25. The van der Waals surface area contributed by atoms with Crippen LogP contribution in [0.2, 0.25) is 0 Å². The van der Waals surface area contributed by atoms with Gasteiger partial charge >= 0.3 is 0 Å². The van der Waals surface area contributed by atoms with Crippen molar-refractivity contribution in [2.75, 3.05) is 13.3 Å². The number of nitrogens with one attached hydrogen (secondary N) is 1. The van der Waals surface area contributed by atoms with Gasteiger partial charge in [0, 0.05) is 24.3 Å². The van der Waals surface area contributed by atoms with Crippen molar-refractivity contribution >= 4 is 16.9 Å². The molecular formula is C20H19N3O3. The van der Waals surface area contributed by atoms with E-state index in [1.165, 1.54) is 0 Å². The molecule has 1 aromatic carbocycles. The van der Waals surface area contributed by atoms with E-state index in [1.807, 2.05) is 41.4 Å². The van der Waals surface area contributed by atoms with Gasteiger partial charge in [-0.25, -0.2) is 4.98 Å². The molecule has 1 atom stereocenters. The van der Waals surface area contributed by atoms with Crippen molar-refractivity contribution in [3.8, 4) is 11.5 Å². The van der Waals surface area contributed by atoms with Crippen LogP contribution in [0.4, 0.5) is 0 Å². The Kier molecular flexibility index (Phi) is 3.55. The maximum absolute atomic E-state index is 13.0. The second-order valence-electron chi connectivity index (χ2n) is 6.75. The first kappa shape index (κ1) is 15.3. The van der Waals surface area contributed by atoms with Gasteiger partial charge in [-0.1, -0.05) is 6.07 Å². The lowest BCUT2D eigenvalue weighted by Crippen LogP contribution is -2.31. The monoisotopic (exact) mass is 349 g/mol. The van der Waals surface area contributed by atoms with Crippen LogP contribution >= 0.6 is 0 Å². The van der Waals surface area contributed by atoms with Crippen LogP contribution < -0.4 is 9.47 Å². The summed E-state index contributed by atoms with van der Waals surface area (Å²) in [6.45, 7) is 1.05. The standard InChI is InChI=1S/C20H19N3O3/c24-19(10-14-11-22-20-15(14)3-1-7-21-20)23-8-2-4-16(23)13-5-6-17-18(9-13)26-12-25-17/h1,3,5-7,9,11,16H,2,4,8,10,12H2,(H,21,22)/t16-/m0/s1. The van der Waals surface area contributed by atoms with E-state index >= 15 is 0 Å². The van der Waals surface area contributed by atoms with Crippen molar-refractivity contribution in [3.63, 3.8) is 0 Å². The van der Waals surface area contributed by atoms with Crippen molar-refractivity contribution in [2.24, 2.45) is 0 Å². The van der Waals surface area contributed by atoms with E-state index in [0.29, 0.717) is 6.42 Å². The summed E-state index contributed by atoms with van der Waals surface area (Å²) in [5.74, 6) is 1.69. The first-order chi connectivity index (χ1) is 12.8. The Balaban J connectivity index is 1.39. The molecule has 0 bridgehead atoms. The third kappa shape index (κ3) is 2.49. The van der Waals surface area contributed by atoms with Gasteiger partial charge in [-0.2, -0.15) is 0 Å². The zero-order valence-electron chi connectivity index (χ0n) is 14.3. The molecule has 6 heteroatoms. The van der Waals surface area contributed by atoms with E-state index in [9.17, 15) is 4.79 Å². The third-order valence-electron chi connectivity index (χ3n) is 5.23. The highest BCUT2D eigenvalue weighted by Gasteiger charge is 2.31. The highest BCUT2D eigenvalue weighted by Crippen LogP contribution is 2.39. The Hall–Kier alpha value is -3.02. The number of amides is 1. The minimum atomic E-state index is 0.0975. The molecule has 1 fully saturated rings. The molecule has 3 aromatic rings. The molecule has 5 rings (SSSR count). The molecule has 26 heavy (non-hydrogen) atoms. The van der Waals surface area contributed by atoms with E-state index in [4.69, 9.17) is 9.47 Å². The molecular weight excluding hydrogens is 330 g/mol.